The molecule has 3 aromatic rings. The van der Waals surface area contributed by atoms with Crippen LogP contribution in [-0.2, 0) is 4.74 Å². The Morgan fingerprint density at radius 2 is 2.04 bits per heavy atom. The maximum Gasteiger partial charge on any atom is 0.265 e. The van der Waals surface area contributed by atoms with Gasteiger partial charge >= 0.3 is 0 Å². The van der Waals surface area contributed by atoms with Crippen molar-refractivity contribution in [1.82, 2.24) is 14.9 Å². The molecule has 7 heteroatoms. The average Bonchev–Trinajstić information content (AvgIpc) is 3.19. The minimum absolute atomic E-state index is 0.0694. The van der Waals surface area contributed by atoms with Crippen molar-refractivity contribution < 1.29 is 13.9 Å². The van der Waals surface area contributed by atoms with Crippen LogP contribution >= 0.6 is 11.3 Å². The molecular weight excluding hydrogens is 353 g/mol. The van der Waals surface area contributed by atoms with Crippen molar-refractivity contribution >= 4 is 17.2 Å². The summed E-state index contributed by atoms with van der Waals surface area (Å²) >= 11 is 1.33. The monoisotopic (exact) mass is 369 g/mol. The lowest BCUT2D eigenvalue weighted by molar-refractivity contribution is -0.0226. The molecule has 0 radical (unpaired) electrons. The van der Waals surface area contributed by atoms with Gasteiger partial charge in [-0.15, -0.1) is 11.3 Å². The molecule has 0 saturated carbocycles. The number of aromatic nitrogens is 2. The van der Waals surface area contributed by atoms with E-state index in [0.717, 1.165) is 16.3 Å². The van der Waals surface area contributed by atoms with Crippen LogP contribution in [-0.4, -0.2) is 40.5 Å². The number of ether oxygens (including phenoxy) is 1. The van der Waals surface area contributed by atoms with E-state index < -0.39 is 0 Å². The van der Waals surface area contributed by atoms with Crippen LogP contribution in [0.4, 0.5) is 4.39 Å². The Bertz CT molecular complexity index is 899. The highest BCUT2D eigenvalue weighted by Gasteiger charge is 2.27. The van der Waals surface area contributed by atoms with E-state index in [1.165, 1.54) is 23.5 Å². The smallest absolute Gasteiger partial charge is 0.265 e. The van der Waals surface area contributed by atoms with E-state index >= 15 is 0 Å². The lowest BCUT2D eigenvalue weighted by Crippen LogP contribution is -2.42. The van der Waals surface area contributed by atoms with Gasteiger partial charge < -0.3 is 9.64 Å². The molecule has 5 nitrogen and oxygen atoms in total. The van der Waals surface area contributed by atoms with Gasteiger partial charge in [0.1, 0.15) is 21.8 Å². The molecule has 26 heavy (non-hydrogen) atoms. The molecule has 0 spiro atoms. The summed E-state index contributed by atoms with van der Waals surface area (Å²) in [7, 11) is 0. The maximum atomic E-state index is 13.1. The minimum Gasteiger partial charge on any atom is -0.370 e. The highest BCUT2D eigenvalue weighted by Crippen LogP contribution is 2.27. The zero-order valence-corrected chi connectivity index (χ0v) is 14.7. The number of benzene rings is 1. The number of pyridine rings is 1. The first kappa shape index (κ1) is 16.8. The van der Waals surface area contributed by atoms with E-state index in [1.807, 2.05) is 18.2 Å². The van der Waals surface area contributed by atoms with Crippen molar-refractivity contribution in [3.05, 3.63) is 71.1 Å². The Labute approximate surface area is 154 Å². The Morgan fingerprint density at radius 3 is 2.81 bits per heavy atom. The fraction of sp³-hybridized carbons (Fsp3) is 0.211. The molecule has 0 N–H and O–H groups in total. The van der Waals surface area contributed by atoms with Crippen LogP contribution in [0.15, 0.2) is 54.9 Å². The maximum absolute atomic E-state index is 13.1. The molecule has 1 amide bonds. The van der Waals surface area contributed by atoms with Crippen molar-refractivity contribution in [2.45, 2.75) is 6.10 Å². The largest absolute Gasteiger partial charge is 0.370 e. The summed E-state index contributed by atoms with van der Waals surface area (Å²) in [6.45, 7) is 1.40. The number of carbonyl (C=O) groups excluding carboxylic acids is 1. The van der Waals surface area contributed by atoms with Gasteiger partial charge in [-0.1, -0.05) is 18.2 Å². The predicted octanol–water partition coefficient (Wildman–Crippen LogP) is 3.56. The third-order valence-corrected chi connectivity index (χ3v) is 5.20. The second-order valence-electron chi connectivity index (χ2n) is 5.91. The van der Waals surface area contributed by atoms with E-state index in [9.17, 15) is 9.18 Å². The number of amides is 1. The fourth-order valence-corrected chi connectivity index (χ4v) is 3.71. The average molecular weight is 369 g/mol. The third kappa shape index (κ3) is 3.49. The number of hydrogen-bond donors (Lipinski definition) is 0. The first-order valence-corrected chi connectivity index (χ1v) is 9.06. The molecule has 1 aliphatic rings. The van der Waals surface area contributed by atoms with E-state index in [1.54, 1.807) is 29.4 Å². The molecule has 1 unspecified atom stereocenters. The predicted molar refractivity (Wildman–Crippen MR) is 96.3 cm³/mol. The van der Waals surface area contributed by atoms with Crippen LogP contribution in [0.2, 0.25) is 0 Å². The molecule has 2 aromatic heterocycles. The van der Waals surface area contributed by atoms with Crippen LogP contribution in [0.3, 0.4) is 0 Å². The van der Waals surface area contributed by atoms with Gasteiger partial charge in [-0.2, -0.15) is 0 Å². The van der Waals surface area contributed by atoms with Gasteiger partial charge in [0.15, 0.2) is 0 Å². The van der Waals surface area contributed by atoms with Crippen molar-refractivity contribution in [2.75, 3.05) is 19.7 Å². The fourth-order valence-electron chi connectivity index (χ4n) is 2.85. The van der Waals surface area contributed by atoms with Crippen molar-refractivity contribution in [3.8, 4) is 10.7 Å². The lowest BCUT2D eigenvalue weighted by atomic mass is 10.1. The van der Waals surface area contributed by atoms with E-state index in [0.29, 0.717) is 24.6 Å². The Balaban J connectivity index is 1.49. The Kier molecular flexibility index (Phi) is 4.73. The Hall–Kier alpha value is -2.64. The summed E-state index contributed by atoms with van der Waals surface area (Å²) in [6, 6.07) is 11.8. The summed E-state index contributed by atoms with van der Waals surface area (Å²) in [6.07, 6.45) is 3.05. The molecular formula is C19H16FN3O2S. The third-order valence-electron chi connectivity index (χ3n) is 4.20. The Morgan fingerprint density at radius 1 is 1.19 bits per heavy atom. The van der Waals surface area contributed by atoms with E-state index in [-0.39, 0.29) is 17.8 Å². The lowest BCUT2D eigenvalue weighted by Gasteiger charge is -2.32. The van der Waals surface area contributed by atoms with Gasteiger partial charge in [0.25, 0.3) is 5.91 Å². The molecule has 4 rings (SSSR count). The first-order valence-electron chi connectivity index (χ1n) is 8.24. The van der Waals surface area contributed by atoms with Gasteiger partial charge in [-0.25, -0.2) is 9.37 Å². The highest BCUT2D eigenvalue weighted by atomic mass is 32.1. The SMILES string of the molecule is O=C(c1cnc(-c2ccccn2)s1)N1CCOC(c2ccc(F)cc2)C1. The molecule has 132 valence electrons. The number of nitrogens with zero attached hydrogens (tertiary/aromatic N) is 3. The summed E-state index contributed by atoms with van der Waals surface area (Å²) in [5.41, 5.74) is 1.62. The number of thiazole rings is 1. The minimum atomic E-state index is -0.288. The number of rotatable bonds is 3. The van der Waals surface area contributed by atoms with Crippen LogP contribution in [0, 0.1) is 5.82 Å². The zero-order chi connectivity index (χ0) is 17.9. The molecule has 1 atom stereocenters. The summed E-state index contributed by atoms with van der Waals surface area (Å²) < 4.78 is 18.9. The van der Waals surface area contributed by atoms with Crippen LogP contribution in [0.1, 0.15) is 21.3 Å². The van der Waals surface area contributed by atoms with Gasteiger partial charge in [-0.05, 0) is 29.8 Å². The van der Waals surface area contributed by atoms with Crippen molar-refractivity contribution in [3.63, 3.8) is 0 Å². The molecule has 1 aromatic carbocycles. The van der Waals surface area contributed by atoms with Crippen LogP contribution in [0.5, 0.6) is 0 Å². The molecule has 3 heterocycles. The second kappa shape index (κ2) is 7.31. The molecule has 0 aliphatic carbocycles. The van der Waals surface area contributed by atoms with Crippen molar-refractivity contribution in [1.29, 1.82) is 0 Å². The quantitative estimate of drug-likeness (QED) is 0.708. The number of carbonyl (C=O) groups is 1. The molecule has 0 bridgehead atoms. The first-order chi connectivity index (χ1) is 12.7. The van der Waals surface area contributed by atoms with Crippen molar-refractivity contribution in [2.24, 2.45) is 0 Å². The zero-order valence-electron chi connectivity index (χ0n) is 13.8. The summed E-state index contributed by atoms with van der Waals surface area (Å²) in [5.74, 6) is -0.357. The molecule has 1 aliphatic heterocycles. The van der Waals surface area contributed by atoms with Gasteiger partial charge in [0, 0.05) is 12.7 Å². The molecule has 1 saturated heterocycles. The highest BCUT2D eigenvalue weighted by molar-refractivity contribution is 7.16. The van der Waals surface area contributed by atoms with E-state index in [2.05, 4.69) is 9.97 Å². The topological polar surface area (TPSA) is 55.3 Å². The van der Waals surface area contributed by atoms with Gasteiger partial charge in [0.2, 0.25) is 0 Å². The standard InChI is InChI=1S/C19H16FN3O2S/c20-14-6-4-13(5-7-14)16-12-23(9-10-25-16)19(24)17-11-22-18(26-17)15-3-1-2-8-21-15/h1-8,11,16H,9-10,12H2. The number of morpholine rings is 1. The van der Waals surface area contributed by atoms with Crippen LogP contribution < -0.4 is 0 Å². The van der Waals surface area contributed by atoms with Crippen LogP contribution in [0.25, 0.3) is 10.7 Å². The number of halogens is 1. The van der Waals surface area contributed by atoms with Gasteiger partial charge in [0.05, 0.1) is 25.0 Å². The second-order valence-corrected chi connectivity index (χ2v) is 6.94. The van der Waals surface area contributed by atoms with Gasteiger partial charge in [-0.3, -0.25) is 9.78 Å². The molecule has 1 fully saturated rings. The summed E-state index contributed by atoms with van der Waals surface area (Å²) in [4.78, 5) is 23.8. The van der Waals surface area contributed by atoms with E-state index in [4.69, 9.17) is 4.74 Å². The normalized spacial score (nSPS) is 17.3. The number of hydrogen-bond acceptors (Lipinski definition) is 5. The summed E-state index contributed by atoms with van der Waals surface area (Å²) in [5, 5.41) is 0.720.